The molecule has 3 nitrogen and oxygen atoms in total. The highest BCUT2D eigenvalue weighted by molar-refractivity contribution is 5.89. The molecule has 0 saturated carbocycles. The summed E-state index contributed by atoms with van der Waals surface area (Å²) in [5, 5.41) is 12.1. The maximum atomic E-state index is 10.8. The summed E-state index contributed by atoms with van der Waals surface area (Å²) in [7, 11) is 0. The van der Waals surface area contributed by atoms with Crippen molar-refractivity contribution in [3.05, 3.63) is 35.4 Å². The van der Waals surface area contributed by atoms with E-state index in [1.165, 1.54) is 0 Å². The van der Waals surface area contributed by atoms with Gasteiger partial charge in [-0.1, -0.05) is 18.2 Å². The first-order chi connectivity index (χ1) is 6.29. The van der Waals surface area contributed by atoms with Crippen molar-refractivity contribution in [1.82, 2.24) is 5.32 Å². The Bertz CT molecular complexity index is 331. The first-order valence-electron chi connectivity index (χ1n) is 4.34. The van der Waals surface area contributed by atoms with Crippen LogP contribution < -0.4 is 5.32 Å². The molecular weight excluding hydrogens is 166 g/mol. The molecule has 1 aliphatic rings. The van der Waals surface area contributed by atoms with Gasteiger partial charge >= 0.3 is 5.97 Å². The Morgan fingerprint density at radius 1 is 1.46 bits per heavy atom. The third-order valence-electron chi connectivity index (χ3n) is 2.39. The van der Waals surface area contributed by atoms with Crippen LogP contribution in [-0.4, -0.2) is 17.6 Å². The number of carboxylic acid groups (broad SMARTS) is 1. The van der Waals surface area contributed by atoms with Crippen molar-refractivity contribution in [3.63, 3.8) is 0 Å². The summed E-state index contributed by atoms with van der Waals surface area (Å²) in [4.78, 5) is 10.8. The predicted octanol–water partition coefficient (Wildman–Crippen LogP) is 1.42. The van der Waals surface area contributed by atoms with Gasteiger partial charge in [-0.05, 0) is 24.6 Å². The van der Waals surface area contributed by atoms with Crippen LogP contribution in [0.15, 0.2) is 24.3 Å². The smallest absolute Gasteiger partial charge is 0.336 e. The molecule has 1 aromatic carbocycles. The fourth-order valence-electron chi connectivity index (χ4n) is 1.55. The maximum Gasteiger partial charge on any atom is 0.336 e. The standard InChI is InChI=1S/C10H11NO2/c12-10(13)8-4-2-1-3-7(8)9-5-6-11-9/h1-4,9,11H,5-6H2,(H,12,13). The molecule has 3 heteroatoms. The average molecular weight is 177 g/mol. The van der Waals surface area contributed by atoms with E-state index < -0.39 is 5.97 Å². The highest BCUT2D eigenvalue weighted by atomic mass is 16.4. The van der Waals surface area contributed by atoms with E-state index in [9.17, 15) is 4.79 Å². The van der Waals surface area contributed by atoms with Crippen LogP contribution in [0.1, 0.15) is 28.4 Å². The summed E-state index contributed by atoms with van der Waals surface area (Å²) in [6, 6.07) is 7.40. The van der Waals surface area contributed by atoms with Crippen LogP contribution in [-0.2, 0) is 0 Å². The Morgan fingerprint density at radius 2 is 2.15 bits per heavy atom. The molecule has 0 amide bonds. The summed E-state index contributed by atoms with van der Waals surface area (Å²) >= 11 is 0. The number of hydrogen-bond donors (Lipinski definition) is 2. The lowest BCUT2D eigenvalue weighted by atomic mass is 9.94. The fraction of sp³-hybridized carbons (Fsp3) is 0.300. The molecular formula is C10H11NO2. The van der Waals surface area contributed by atoms with E-state index in [2.05, 4.69) is 5.32 Å². The zero-order valence-corrected chi connectivity index (χ0v) is 7.16. The van der Waals surface area contributed by atoms with E-state index in [1.807, 2.05) is 12.1 Å². The van der Waals surface area contributed by atoms with E-state index in [0.29, 0.717) is 5.56 Å². The quantitative estimate of drug-likeness (QED) is 0.718. The molecule has 1 aromatic rings. The van der Waals surface area contributed by atoms with Gasteiger partial charge in [0.1, 0.15) is 0 Å². The average Bonchev–Trinajstić information content (AvgIpc) is 2.02. The van der Waals surface area contributed by atoms with Crippen LogP contribution in [0, 0.1) is 0 Å². The second-order valence-electron chi connectivity index (χ2n) is 3.19. The van der Waals surface area contributed by atoms with Gasteiger partial charge in [-0.25, -0.2) is 4.79 Å². The SMILES string of the molecule is O=C(O)c1ccccc1C1CCN1. The molecule has 0 aliphatic carbocycles. The number of carbonyl (C=O) groups is 1. The van der Waals surface area contributed by atoms with E-state index in [0.717, 1.165) is 18.5 Å². The third kappa shape index (κ3) is 1.42. The Balaban J connectivity index is 2.36. The van der Waals surface area contributed by atoms with E-state index in [1.54, 1.807) is 12.1 Å². The Kier molecular flexibility index (Phi) is 2.02. The molecule has 2 rings (SSSR count). The molecule has 68 valence electrons. The van der Waals surface area contributed by atoms with Crippen LogP contribution in [0.3, 0.4) is 0 Å². The zero-order chi connectivity index (χ0) is 9.26. The van der Waals surface area contributed by atoms with Gasteiger partial charge in [0.15, 0.2) is 0 Å². The second kappa shape index (κ2) is 3.18. The Labute approximate surface area is 76.4 Å². The van der Waals surface area contributed by atoms with Gasteiger partial charge in [-0.15, -0.1) is 0 Å². The lowest BCUT2D eigenvalue weighted by Gasteiger charge is -2.28. The maximum absolute atomic E-state index is 10.8. The van der Waals surface area contributed by atoms with Crippen molar-refractivity contribution < 1.29 is 9.90 Å². The molecule has 1 fully saturated rings. The van der Waals surface area contributed by atoms with E-state index in [4.69, 9.17) is 5.11 Å². The van der Waals surface area contributed by atoms with Crippen molar-refractivity contribution in [2.75, 3.05) is 6.54 Å². The van der Waals surface area contributed by atoms with Gasteiger partial charge in [-0.3, -0.25) is 0 Å². The van der Waals surface area contributed by atoms with Gasteiger partial charge in [0, 0.05) is 6.04 Å². The highest BCUT2D eigenvalue weighted by Gasteiger charge is 2.22. The van der Waals surface area contributed by atoms with Gasteiger partial charge in [0.05, 0.1) is 5.56 Å². The van der Waals surface area contributed by atoms with Crippen molar-refractivity contribution >= 4 is 5.97 Å². The van der Waals surface area contributed by atoms with Gasteiger partial charge in [0.25, 0.3) is 0 Å². The number of benzene rings is 1. The normalized spacial score (nSPS) is 20.8. The molecule has 1 unspecified atom stereocenters. The summed E-state index contributed by atoms with van der Waals surface area (Å²) in [5.41, 5.74) is 1.32. The lowest BCUT2D eigenvalue weighted by Crippen LogP contribution is -2.35. The molecule has 1 saturated heterocycles. The molecule has 2 N–H and O–H groups in total. The fourth-order valence-corrected chi connectivity index (χ4v) is 1.55. The first-order valence-corrected chi connectivity index (χ1v) is 4.34. The summed E-state index contributed by atoms with van der Waals surface area (Å²) in [5.74, 6) is -0.843. The van der Waals surface area contributed by atoms with Crippen molar-refractivity contribution in [1.29, 1.82) is 0 Å². The Hall–Kier alpha value is -1.35. The molecule has 1 heterocycles. The molecule has 0 spiro atoms. The molecule has 1 atom stereocenters. The topological polar surface area (TPSA) is 49.3 Å². The Morgan fingerprint density at radius 3 is 2.69 bits per heavy atom. The van der Waals surface area contributed by atoms with Crippen LogP contribution in [0.25, 0.3) is 0 Å². The number of rotatable bonds is 2. The number of nitrogens with one attached hydrogen (secondary N) is 1. The van der Waals surface area contributed by atoms with E-state index in [-0.39, 0.29) is 6.04 Å². The van der Waals surface area contributed by atoms with Gasteiger partial charge < -0.3 is 10.4 Å². The highest BCUT2D eigenvalue weighted by Crippen LogP contribution is 2.25. The minimum atomic E-state index is -0.843. The van der Waals surface area contributed by atoms with Crippen molar-refractivity contribution in [2.24, 2.45) is 0 Å². The van der Waals surface area contributed by atoms with Crippen molar-refractivity contribution in [3.8, 4) is 0 Å². The van der Waals surface area contributed by atoms with Crippen LogP contribution in [0.2, 0.25) is 0 Å². The largest absolute Gasteiger partial charge is 0.478 e. The molecule has 0 bridgehead atoms. The van der Waals surface area contributed by atoms with Crippen LogP contribution in [0.5, 0.6) is 0 Å². The summed E-state index contributed by atoms with van der Waals surface area (Å²) < 4.78 is 0. The van der Waals surface area contributed by atoms with Gasteiger partial charge in [0.2, 0.25) is 0 Å². The monoisotopic (exact) mass is 177 g/mol. The third-order valence-corrected chi connectivity index (χ3v) is 2.39. The van der Waals surface area contributed by atoms with E-state index >= 15 is 0 Å². The molecule has 0 aromatic heterocycles. The summed E-state index contributed by atoms with van der Waals surface area (Å²) in [6.45, 7) is 0.985. The minimum absolute atomic E-state index is 0.243. The lowest BCUT2D eigenvalue weighted by molar-refractivity contribution is 0.0694. The van der Waals surface area contributed by atoms with Crippen molar-refractivity contribution in [2.45, 2.75) is 12.5 Å². The number of hydrogen-bond acceptors (Lipinski definition) is 2. The molecule has 0 radical (unpaired) electrons. The first kappa shape index (κ1) is 8.26. The summed E-state index contributed by atoms with van der Waals surface area (Å²) in [6.07, 6.45) is 1.03. The van der Waals surface area contributed by atoms with Gasteiger partial charge in [-0.2, -0.15) is 0 Å². The predicted molar refractivity (Wildman–Crippen MR) is 48.8 cm³/mol. The molecule has 13 heavy (non-hydrogen) atoms. The van der Waals surface area contributed by atoms with Crippen LogP contribution >= 0.6 is 0 Å². The molecule has 1 aliphatic heterocycles. The number of carboxylic acids is 1. The number of aromatic carboxylic acids is 1. The minimum Gasteiger partial charge on any atom is -0.478 e. The van der Waals surface area contributed by atoms with Crippen LogP contribution in [0.4, 0.5) is 0 Å². The second-order valence-corrected chi connectivity index (χ2v) is 3.19. The zero-order valence-electron chi connectivity index (χ0n) is 7.16.